The minimum Gasteiger partial charge on any atom is -0.389 e. The van der Waals surface area contributed by atoms with Crippen molar-refractivity contribution in [1.82, 2.24) is 0 Å². The molecule has 1 aromatic carbocycles. The summed E-state index contributed by atoms with van der Waals surface area (Å²) in [6.07, 6.45) is 3.97. The van der Waals surface area contributed by atoms with E-state index >= 15 is 0 Å². The van der Waals surface area contributed by atoms with Crippen molar-refractivity contribution in [1.29, 1.82) is 0 Å². The zero-order valence-corrected chi connectivity index (χ0v) is 9.59. The third-order valence-corrected chi connectivity index (χ3v) is 3.11. The summed E-state index contributed by atoms with van der Waals surface area (Å²) in [6.45, 7) is 2.35. The lowest BCUT2D eigenvalue weighted by Crippen LogP contribution is -2.29. The van der Waals surface area contributed by atoms with Crippen LogP contribution in [-0.2, 0) is 0 Å². The number of hydrogen-bond donors (Lipinski definition) is 1. The van der Waals surface area contributed by atoms with Crippen LogP contribution in [0.25, 0.3) is 0 Å². The first-order valence-corrected chi connectivity index (χ1v) is 5.83. The Morgan fingerprint density at radius 2 is 1.67 bits per heavy atom. The number of benzene rings is 1. The lowest BCUT2D eigenvalue weighted by molar-refractivity contribution is 0.578. The van der Waals surface area contributed by atoms with Gasteiger partial charge in [-0.2, -0.15) is 0 Å². The van der Waals surface area contributed by atoms with Crippen molar-refractivity contribution in [3.63, 3.8) is 0 Å². The maximum atomic E-state index is 5.56. The summed E-state index contributed by atoms with van der Waals surface area (Å²) in [5.41, 5.74) is 7.80. The Hall–Kier alpha value is -1.09. The predicted octanol–water partition coefficient (Wildman–Crippen LogP) is 2.31. The van der Waals surface area contributed by atoms with Crippen LogP contribution in [0.15, 0.2) is 24.3 Å². The molecule has 2 rings (SSSR count). The summed E-state index contributed by atoms with van der Waals surface area (Å²) >= 11 is 4.93. The van der Waals surface area contributed by atoms with E-state index in [2.05, 4.69) is 17.0 Å². The molecule has 2 nitrogen and oxygen atoms in total. The maximum absolute atomic E-state index is 5.56. The van der Waals surface area contributed by atoms with Gasteiger partial charge in [0.1, 0.15) is 4.99 Å². The molecule has 3 heteroatoms. The molecule has 0 aliphatic carbocycles. The van der Waals surface area contributed by atoms with Crippen molar-refractivity contribution in [2.24, 2.45) is 5.73 Å². The molecule has 1 aromatic rings. The predicted molar refractivity (Wildman–Crippen MR) is 68.4 cm³/mol. The lowest BCUT2D eigenvalue weighted by Gasteiger charge is -2.28. The number of nitrogens with two attached hydrogens (primary N) is 1. The molecule has 0 aromatic heterocycles. The van der Waals surface area contributed by atoms with Gasteiger partial charge in [0, 0.05) is 24.3 Å². The SMILES string of the molecule is NC(=S)c1ccc(N2CCCCC2)cc1. The smallest absolute Gasteiger partial charge is 0.103 e. The molecular weight excluding hydrogens is 204 g/mol. The van der Waals surface area contributed by atoms with E-state index in [-0.39, 0.29) is 0 Å². The summed E-state index contributed by atoms with van der Waals surface area (Å²) in [6, 6.07) is 8.23. The van der Waals surface area contributed by atoms with Crippen LogP contribution < -0.4 is 10.6 Å². The van der Waals surface area contributed by atoms with Gasteiger partial charge in [0.2, 0.25) is 0 Å². The molecule has 15 heavy (non-hydrogen) atoms. The Bertz CT molecular complexity index is 339. The molecule has 1 aliphatic heterocycles. The molecule has 0 bridgehead atoms. The molecule has 1 heterocycles. The van der Waals surface area contributed by atoms with Crippen LogP contribution in [0.1, 0.15) is 24.8 Å². The number of thiocarbonyl (C=S) groups is 1. The Morgan fingerprint density at radius 3 is 2.20 bits per heavy atom. The summed E-state index contributed by atoms with van der Waals surface area (Å²) in [7, 11) is 0. The van der Waals surface area contributed by atoms with E-state index in [0.717, 1.165) is 5.56 Å². The summed E-state index contributed by atoms with van der Waals surface area (Å²) in [5.74, 6) is 0. The average molecular weight is 220 g/mol. The maximum Gasteiger partial charge on any atom is 0.103 e. The van der Waals surface area contributed by atoms with E-state index < -0.39 is 0 Å². The Labute approximate surface area is 96.1 Å². The summed E-state index contributed by atoms with van der Waals surface area (Å²) < 4.78 is 0. The third-order valence-electron chi connectivity index (χ3n) is 2.87. The van der Waals surface area contributed by atoms with Crippen molar-refractivity contribution in [3.05, 3.63) is 29.8 Å². The third kappa shape index (κ3) is 2.48. The number of anilines is 1. The minimum absolute atomic E-state index is 0.472. The lowest BCUT2D eigenvalue weighted by atomic mass is 10.1. The first-order valence-electron chi connectivity index (χ1n) is 5.42. The zero-order valence-electron chi connectivity index (χ0n) is 8.78. The molecule has 0 atom stereocenters. The molecule has 0 unspecified atom stereocenters. The van der Waals surface area contributed by atoms with Gasteiger partial charge < -0.3 is 10.6 Å². The van der Waals surface area contributed by atoms with E-state index in [1.165, 1.54) is 38.0 Å². The van der Waals surface area contributed by atoms with Gasteiger partial charge in [-0.05, 0) is 43.5 Å². The number of piperidine rings is 1. The fraction of sp³-hybridized carbons (Fsp3) is 0.417. The van der Waals surface area contributed by atoms with Gasteiger partial charge in [0.25, 0.3) is 0 Å². The summed E-state index contributed by atoms with van der Waals surface area (Å²) in [4.78, 5) is 2.90. The van der Waals surface area contributed by atoms with E-state index in [9.17, 15) is 0 Å². The highest BCUT2D eigenvalue weighted by molar-refractivity contribution is 7.80. The first-order chi connectivity index (χ1) is 7.27. The van der Waals surface area contributed by atoms with Crippen molar-refractivity contribution >= 4 is 22.9 Å². The Balaban J connectivity index is 2.11. The van der Waals surface area contributed by atoms with Crippen LogP contribution in [0, 0.1) is 0 Å². The van der Waals surface area contributed by atoms with Gasteiger partial charge in [-0.15, -0.1) is 0 Å². The van der Waals surface area contributed by atoms with Crippen molar-refractivity contribution < 1.29 is 0 Å². The Morgan fingerprint density at radius 1 is 1.07 bits per heavy atom. The van der Waals surface area contributed by atoms with Crippen molar-refractivity contribution in [2.75, 3.05) is 18.0 Å². The second-order valence-corrected chi connectivity index (χ2v) is 4.40. The van der Waals surface area contributed by atoms with E-state index in [1.807, 2.05) is 12.1 Å². The quantitative estimate of drug-likeness (QED) is 0.776. The van der Waals surface area contributed by atoms with E-state index in [1.54, 1.807) is 0 Å². The van der Waals surface area contributed by atoms with Crippen LogP contribution in [0.4, 0.5) is 5.69 Å². The molecule has 80 valence electrons. The van der Waals surface area contributed by atoms with Gasteiger partial charge >= 0.3 is 0 Å². The van der Waals surface area contributed by atoms with Crippen LogP contribution in [0.5, 0.6) is 0 Å². The van der Waals surface area contributed by atoms with Crippen LogP contribution in [0.3, 0.4) is 0 Å². The molecule has 1 fully saturated rings. The standard InChI is InChI=1S/C12H16N2S/c13-12(15)10-4-6-11(7-5-10)14-8-2-1-3-9-14/h4-7H,1-3,8-9H2,(H2,13,15). The van der Waals surface area contributed by atoms with Crippen molar-refractivity contribution in [2.45, 2.75) is 19.3 Å². The fourth-order valence-corrected chi connectivity index (χ4v) is 2.12. The highest BCUT2D eigenvalue weighted by Crippen LogP contribution is 2.19. The number of hydrogen-bond acceptors (Lipinski definition) is 2. The van der Waals surface area contributed by atoms with Gasteiger partial charge in [-0.1, -0.05) is 12.2 Å². The topological polar surface area (TPSA) is 29.3 Å². The highest BCUT2D eigenvalue weighted by atomic mass is 32.1. The molecule has 1 saturated heterocycles. The van der Waals surface area contributed by atoms with Gasteiger partial charge in [0.15, 0.2) is 0 Å². The monoisotopic (exact) mass is 220 g/mol. The summed E-state index contributed by atoms with van der Waals surface area (Å²) in [5, 5.41) is 0. The molecule has 0 saturated carbocycles. The second-order valence-electron chi connectivity index (χ2n) is 3.96. The van der Waals surface area contributed by atoms with Crippen molar-refractivity contribution in [3.8, 4) is 0 Å². The minimum atomic E-state index is 0.472. The largest absolute Gasteiger partial charge is 0.389 e. The average Bonchev–Trinajstić information content (AvgIpc) is 2.30. The van der Waals surface area contributed by atoms with Gasteiger partial charge in [-0.25, -0.2) is 0 Å². The number of rotatable bonds is 2. The Kier molecular flexibility index (Phi) is 3.21. The number of nitrogens with zero attached hydrogens (tertiary/aromatic N) is 1. The second kappa shape index (κ2) is 4.62. The molecule has 2 N–H and O–H groups in total. The van der Waals surface area contributed by atoms with Crippen LogP contribution in [0.2, 0.25) is 0 Å². The zero-order chi connectivity index (χ0) is 10.7. The van der Waals surface area contributed by atoms with E-state index in [0.29, 0.717) is 4.99 Å². The van der Waals surface area contributed by atoms with Gasteiger partial charge in [-0.3, -0.25) is 0 Å². The first kappa shape index (κ1) is 10.4. The van der Waals surface area contributed by atoms with Gasteiger partial charge in [0.05, 0.1) is 0 Å². The van der Waals surface area contributed by atoms with Crippen LogP contribution in [-0.4, -0.2) is 18.1 Å². The molecule has 0 amide bonds. The van der Waals surface area contributed by atoms with Crippen LogP contribution >= 0.6 is 12.2 Å². The highest BCUT2D eigenvalue weighted by Gasteiger charge is 2.10. The fourth-order valence-electron chi connectivity index (χ4n) is 1.99. The van der Waals surface area contributed by atoms with E-state index in [4.69, 9.17) is 18.0 Å². The molecule has 0 radical (unpaired) electrons. The molecule has 1 aliphatic rings. The molecule has 0 spiro atoms. The normalized spacial score (nSPS) is 16.4. The molecular formula is C12H16N2S.